The smallest absolute Gasteiger partial charge is 0.225 e. The number of hydrogen-bond acceptors (Lipinski definition) is 4. The van der Waals surface area contributed by atoms with Crippen molar-refractivity contribution in [1.29, 1.82) is 0 Å². The number of ketones is 1. The van der Waals surface area contributed by atoms with Gasteiger partial charge >= 0.3 is 0 Å². The lowest BCUT2D eigenvalue weighted by Gasteiger charge is -2.31. The summed E-state index contributed by atoms with van der Waals surface area (Å²) in [6.07, 6.45) is 3.54. The zero-order valence-electron chi connectivity index (χ0n) is 16.7. The summed E-state index contributed by atoms with van der Waals surface area (Å²) in [6.45, 7) is 3.99. The summed E-state index contributed by atoms with van der Waals surface area (Å²) >= 11 is 0. The number of anilines is 1. The molecule has 3 heterocycles. The molecule has 6 nitrogen and oxygen atoms in total. The van der Waals surface area contributed by atoms with Gasteiger partial charge in [-0.1, -0.05) is 48.5 Å². The molecule has 0 radical (unpaired) electrons. The SMILES string of the molecule is O=C(C[NH+]1CCN(c2ncccn2)CC1)c1c(-c2ccccc2)[nH]c2ccccc12. The average molecular weight is 398 g/mol. The zero-order valence-corrected chi connectivity index (χ0v) is 16.7. The molecular formula is C24H24N5O+. The van der Waals surface area contributed by atoms with E-state index < -0.39 is 0 Å². The molecule has 0 amide bonds. The first-order chi connectivity index (χ1) is 14.8. The maximum atomic E-state index is 13.5. The third-order valence-corrected chi connectivity index (χ3v) is 5.76. The van der Waals surface area contributed by atoms with Crippen LogP contribution in [0.3, 0.4) is 0 Å². The number of carbonyl (C=O) groups excluding carboxylic acids is 1. The Balaban J connectivity index is 1.37. The summed E-state index contributed by atoms with van der Waals surface area (Å²) in [6, 6.07) is 20.0. The van der Waals surface area contributed by atoms with Crippen LogP contribution in [-0.4, -0.2) is 53.5 Å². The fourth-order valence-electron chi connectivity index (χ4n) is 4.22. The fourth-order valence-corrected chi connectivity index (χ4v) is 4.22. The van der Waals surface area contributed by atoms with Crippen molar-refractivity contribution in [2.24, 2.45) is 0 Å². The van der Waals surface area contributed by atoms with E-state index in [1.54, 1.807) is 12.4 Å². The number of para-hydroxylation sites is 1. The Kier molecular flexibility index (Phi) is 4.99. The topological polar surface area (TPSA) is 66.3 Å². The van der Waals surface area contributed by atoms with Crippen LogP contribution in [0.4, 0.5) is 5.95 Å². The third kappa shape index (κ3) is 3.57. The van der Waals surface area contributed by atoms with Gasteiger partial charge in [-0.3, -0.25) is 4.79 Å². The molecule has 0 bridgehead atoms. The second-order valence-corrected chi connectivity index (χ2v) is 7.67. The highest BCUT2D eigenvalue weighted by atomic mass is 16.1. The molecule has 1 fully saturated rings. The Morgan fingerprint density at radius 3 is 2.40 bits per heavy atom. The molecule has 2 aromatic heterocycles. The van der Waals surface area contributed by atoms with Crippen molar-refractivity contribution in [3.8, 4) is 11.3 Å². The van der Waals surface area contributed by atoms with Crippen molar-refractivity contribution in [2.75, 3.05) is 37.6 Å². The fraction of sp³-hybridized carbons (Fsp3) is 0.208. The van der Waals surface area contributed by atoms with Crippen LogP contribution < -0.4 is 9.80 Å². The molecule has 150 valence electrons. The van der Waals surface area contributed by atoms with E-state index in [0.717, 1.165) is 59.9 Å². The molecule has 5 rings (SSSR count). The lowest BCUT2D eigenvalue weighted by atomic mass is 10.0. The van der Waals surface area contributed by atoms with Crippen molar-refractivity contribution < 1.29 is 9.69 Å². The number of benzene rings is 2. The van der Waals surface area contributed by atoms with Crippen LogP contribution in [0.5, 0.6) is 0 Å². The predicted molar refractivity (Wildman–Crippen MR) is 118 cm³/mol. The number of nitrogens with zero attached hydrogens (tertiary/aromatic N) is 3. The van der Waals surface area contributed by atoms with Crippen LogP contribution in [0.1, 0.15) is 10.4 Å². The van der Waals surface area contributed by atoms with E-state index in [4.69, 9.17) is 0 Å². The summed E-state index contributed by atoms with van der Waals surface area (Å²) in [5.74, 6) is 0.955. The number of Topliss-reactive ketones (excluding diaryl/α,β-unsaturated/α-hetero) is 1. The molecule has 0 spiro atoms. The molecule has 6 heteroatoms. The molecule has 2 aromatic carbocycles. The van der Waals surface area contributed by atoms with E-state index >= 15 is 0 Å². The van der Waals surface area contributed by atoms with Gasteiger partial charge in [0.15, 0.2) is 0 Å². The van der Waals surface area contributed by atoms with E-state index in [9.17, 15) is 4.79 Å². The number of aromatic amines is 1. The quantitative estimate of drug-likeness (QED) is 0.506. The molecule has 0 aliphatic carbocycles. The van der Waals surface area contributed by atoms with Gasteiger partial charge in [0.05, 0.1) is 37.4 Å². The minimum absolute atomic E-state index is 0.186. The molecule has 4 aromatic rings. The summed E-state index contributed by atoms with van der Waals surface area (Å²) in [7, 11) is 0. The number of quaternary nitrogens is 1. The first kappa shape index (κ1) is 18.5. The summed E-state index contributed by atoms with van der Waals surface area (Å²) in [5, 5.41) is 0.997. The van der Waals surface area contributed by atoms with Crippen molar-refractivity contribution in [3.05, 3.63) is 78.6 Å². The largest absolute Gasteiger partial charge is 0.354 e. The molecule has 1 saturated heterocycles. The minimum atomic E-state index is 0.186. The summed E-state index contributed by atoms with van der Waals surface area (Å²) in [4.78, 5) is 29.1. The van der Waals surface area contributed by atoms with Crippen molar-refractivity contribution >= 4 is 22.6 Å². The summed E-state index contributed by atoms with van der Waals surface area (Å²) < 4.78 is 0. The van der Waals surface area contributed by atoms with Gasteiger partial charge in [0, 0.05) is 23.3 Å². The molecule has 2 N–H and O–H groups in total. The van der Waals surface area contributed by atoms with Crippen LogP contribution in [-0.2, 0) is 0 Å². The Morgan fingerprint density at radius 2 is 1.63 bits per heavy atom. The van der Waals surface area contributed by atoms with Gasteiger partial charge in [0.1, 0.15) is 6.54 Å². The van der Waals surface area contributed by atoms with Crippen LogP contribution in [0.25, 0.3) is 22.2 Å². The van der Waals surface area contributed by atoms with Gasteiger partial charge in [-0.05, 0) is 17.7 Å². The first-order valence-electron chi connectivity index (χ1n) is 10.3. The van der Waals surface area contributed by atoms with E-state index in [-0.39, 0.29) is 5.78 Å². The average Bonchev–Trinajstić information content (AvgIpc) is 3.21. The van der Waals surface area contributed by atoms with E-state index in [0.29, 0.717) is 6.54 Å². The Labute approximate surface area is 175 Å². The molecule has 1 aliphatic rings. The number of nitrogens with one attached hydrogen (secondary N) is 2. The van der Waals surface area contributed by atoms with Gasteiger partial charge in [0.25, 0.3) is 0 Å². The van der Waals surface area contributed by atoms with Crippen molar-refractivity contribution in [2.45, 2.75) is 0 Å². The molecule has 1 aliphatic heterocycles. The van der Waals surface area contributed by atoms with Crippen LogP contribution in [0.15, 0.2) is 73.1 Å². The second-order valence-electron chi connectivity index (χ2n) is 7.67. The monoisotopic (exact) mass is 398 g/mol. The third-order valence-electron chi connectivity index (χ3n) is 5.76. The first-order valence-corrected chi connectivity index (χ1v) is 10.3. The molecule has 0 saturated carbocycles. The molecular weight excluding hydrogens is 374 g/mol. The molecule has 0 atom stereocenters. The lowest BCUT2D eigenvalue weighted by molar-refractivity contribution is -0.892. The zero-order chi connectivity index (χ0) is 20.3. The van der Waals surface area contributed by atoms with Crippen LogP contribution >= 0.6 is 0 Å². The standard InChI is InChI=1S/C24H23N5O/c30-21(17-28-13-15-29(16-14-28)24-25-11-6-12-26-24)22-19-9-4-5-10-20(19)27-23(22)18-7-2-1-3-8-18/h1-12,27H,13-17H2/p+1. The number of rotatable bonds is 5. The maximum Gasteiger partial charge on any atom is 0.225 e. The highest BCUT2D eigenvalue weighted by Gasteiger charge is 2.27. The van der Waals surface area contributed by atoms with Gasteiger partial charge < -0.3 is 14.8 Å². The van der Waals surface area contributed by atoms with Gasteiger partial charge in [-0.15, -0.1) is 0 Å². The van der Waals surface area contributed by atoms with Crippen LogP contribution in [0, 0.1) is 0 Å². The highest BCUT2D eigenvalue weighted by molar-refractivity contribution is 6.13. The molecule has 30 heavy (non-hydrogen) atoms. The van der Waals surface area contributed by atoms with E-state index in [1.807, 2.05) is 60.7 Å². The number of H-pyrrole nitrogens is 1. The lowest BCUT2D eigenvalue weighted by Crippen LogP contribution is -3.15. The maximum absolute atomic E-state index is 13.5. The van der Waals surface area contributed by atoms with Crippen LogP contribution in [0.2, 0.25) is 0 Å². The van der Waals surface area contributed by atoms with Crippen molar-refractivity contribution in [3.63, 3.8) is 0 Å². The highest BCUT2D eigenvalue weighted by Crippen LogP contribution is 2.30. The number of hydrogen-bond donors (Lipinski definition) is 2. The minimum Gasteiger partial charge on any atom is -0.354 e. The normalized spacial score (nSPS) is 14.9. The Hall–Kier alpha value is -3.51. The van der Waals surface area contributed by atoms with E-state index in [1.165, 1.54) is 4.90 Å². The second kappa shape index (κ2) is 8.08. The number of fused-ring (bicyclic) bond motifs is 1. The number of aromatic nitrogens is 3. The number of piperazine rings is 1. The predicted octanol–water partition coefficient (Wildman–Crippen LogP) is 2.21. The Morgan fingerprint density at radius 1 is 0.933 bits per heavy atom. The van der Waals surface area contributed by atoms with Gasteiger partial charge in [-0.25, -0.2) is 9.97 Å². The molecule has 0 unspecified atom stereocenters. The van der Waals surface area contributed by atoms with Gasteiger partial charge in [0.2, 0.25) is 11.7 Å². The number of carbonyl (C=O) groups is 1. The van der Waals surface area contributed by atoms with Crippen molar-refractivity contribution in [1.82, 2.24) is 15.0 Å². The Bertz CT molecular complexity index is 1150. The summed E-state index contributed by atoms with van der Waals surface area (Å²) in [5.41, 5.74) is 3.76. The van der Waals surface area contributed by atoms with Gasteiger partial charge in [-0.2, -0.15) is 0 Å². The van der Waals surface area contributed by atoms with E-state index in [2.05, 4.69) is 19.9 Å².